The van der Waals surface area contributed by atoms with E-state index >= 15 is 0 Å². The molecular formula is C22H28N2O3S. The number of nitrogens with one attached hydrogen (secondary N) is 1. The average molecular weight is 401 g/mol. The zero-order valence-electron chi connectivity index (χ0n) is 17.0. The summed E-state index contributed by atoms with van der Waals surface area (Å²) in [6, 6.07) is 10.5. The number of anilines is 1. The van der Waals surface area contributed by atoms with Crippen LogP contribution in [0.25, 0.3) is 0 Å². The van der Waals surface area contributed by atoms with E-state index in [2.05, 4.69) is 4.72 Å². The van der Waals surface area contributed by atoms with Crippen LogP contribution in [0.1, 0.15) is 59.7 Å². The second-order valence-corrected chi connectivity index (χ2v) is 9.46. The van der Waals surface area contributed by atoms with Gasteiger partial charge < -0.3 is 4.90 Å². The summed E-state index contributed by atoms with van der Waals surface area (Å²) in [4.78, 5) is 14.7. The van der Waals surface area contributed by atoms with Crippen LogP contribution >= 0.6 is 0 Å². The Morgan fingerprint density at radius 2 is 1.71 bits per heavy atom. The average Bonchev–Trinajstić information content (AvgIpc) is 3.17. The molecule has 0 radical (unpaired) electrons. The van der Waals surface area contributed by atoms with Gasteiger partial charge in [-0.1, -0.05) is 38.1 Å². The second-order valence-electron chi connectivity index (χ2n) is 7.78. The van der Waals surface area contributed by atoms with Crippen LogP contribution < -0.4 is 4.72 Å². The fourth-order valence-corrected chi connectivity index (χ4v) is 4.78. The van der Waals surface area contributed by atoms with Crippen LogP contribution in [0.15, 0.2) is 41.3 Å². The molecule has 2 aromatic rings. The lowest BCUT2D eigenvalue weighted by Crippen LogP contribution is -2.28. The molecule has 0 unspecified atom stereocenters. The highest BCUT2D eigenvalue weighted by atomic mass is 32.2. The molecule has 2 aromatic carbocycles. The Morgan fingerprint density at radius 1 is 1.04 bits per heavy atom. The Labute approximate surface area is 167 Å². The van der Waals surface area contributed by atoms with Crippen LogP contribution in [0.3, 0.4) is 0 Å². The largest absolute Gasteiger partial charge is 0.339 e. The van der Waals surface area contributed by atoms with Crippen LogP contribution in [0.2, 0.25) is 0 Å². The number of aryl methyl sites for hydroxylation is 2. The first-order valence-electron chi connectivity index (χ1n) is 9.73. The second kappa shape index (κ2) is 7.95. The van der Waals surface area contributed by atoms with Gasteiger partial charge in [0.1, 0.15) is 0 Å². The van der Waals surface area contributed by atoms with Crippen molar-refractivity contribution in [1.82, 2.24) is 4.90 Å². The summed E-state index contributed by atoms with van der Waals surface area (Å²) in [5, 5.41) is 0. The molecule has 1 heterocycles. The third-order valence-electron chi connectivity index (χ3n) is 5.31. The molecule has 0 bridgehead atoms. The van der Waals surface area contributed by atoms with Crippen molar-refractivity contribution in [2.75, 3.05) is 17.8 Å². The Balaban J connectivity index is 1.97. The molecule has 28 heavy (non-hydrogen) atoms. The summed E-state index contributed by atoms with van der Waals surface area (Å²) in [7, 11) is -3.81. The predicted octanol–water partition coefficient (Wildman–Crippen LogP) is 4.46. The van der Waals surface area contributed by atoms with Gasteiger partial charge in [0, 0.05) is 18.7 Å². The molecule has 0 spiro atoms. The van der Waals surface area contributed by atoms with E-state index in [0.29, 0.717) is 11.3 Å². The SMILES string of the molecule is Cc1ccc(S(=O)(=O)Nc2c(C)cccc2C(C)C)cc1C(=O)N1CCCC1. The minimum Gasteiger partial charge on any atom is -0.339 e. The molecule has 0 saturated carbocycles. The monoisotopic (exact) mass is 400 g/mol. The van der Waals surface area contributed by atoms with Gasteiger partial charge in [0.05, 0.1) is 10.6 Å². The summed E-state index contributed by atoms with van der Waals surface area (Å²) in [6.07, 6.45) is 1.99. The molecule has 1 N–H and O–H groups in total. The molecule has 3 rings (SSSR count). The van der Waals surface area contributed by atoms with Gasteiger partial charge in [-0.3, -0.25) is 9.52 Å². The lowest BCUT2D eigenvalue weighted by atomic mass is 9.99. The lowest BCUT2D eigenvalue weighted by Gasteiger charge is -2.19. The van der Waals surface area contributed by atoms with Gasteiger partial charge in [0.2, 0.25) is 0 Å². The van der Waals surface area contributed by atoms with Crippen LogP contribution in [0.4, 0.5) is 5.69 Å². The van der Waals surface area contributed by atoms with Crippen LogP contribution in [-0.2, 0) is 10.0 Å². The number of carbonyl (C=O) groups is 1. The summed E-state index contributed by atoms with van der Waals surface area (Å²) in [6.45, 7) is 9.26. The van der Waals surface area contributed by atoms with Gasteiger partial charge in [0.25, 0.3) is 15.9 Å². The van der Waals surface area contributed by atoms with Crippen molar-refractivity contribution in [3.05, 3.63) is 58.7 Å². The molecule has 1 saturated heterocycles. The third kappa shape index (κ3) is 4.07. The fraction of sp³-hybridized carbons (Fsp3) is 0.409. The smallest absolute Gasteiger partial charge is 0.261 e. The molecule has 1 amide bonds. The summed E-state index contributed by atoms with van der Waals surface area (Å²) in [5.74, 6) is 0.0914. The highest BCUT2D eigenvalue weighted by Crippen LogP contribution is 2.30. The predicted molar refractivity (Wildman–Crippen MR) is 112 cm³/mol. The summed E-state index contributed by atoms with van der Waals surface area (Å²) in [5.41, 5.74) is 3.68. The third-order valence-corrected chi connectivity index (χ3v) is 6.65. The number of nitrogens with zero attached hydrogens (tertiary/aromatic N) is 1. The van der Waals surface area contributed by atoms with Crippen molar-refractivity contribution in [2.45, 2.75) is 51.3 Å². The highest BCUT2D eigenvalue weighted by molar-refractivity contribution is 7.92. The van der Waals surface area contributed by atoms with Gasteiger partial charge in [-0.05, 0) is 61.4 Å². The van der Waals surface area contributed by atoms with E-state index in [1.165, 1.54) is 6.07 Å². The molecule has 1 aliphatic rings. The topological polar surface area (TPSA) is 66.5 Å². The van der Waals surface area contributed by atoms with Gasteiger partial charge in [-0.2, -0.15) is 0 Å². The zero-order valence-corrected chi connectivity index (χ0v) is 17.8. The Hall–Kier alpha value is -2.34. The summed E-state index contributed by atoms with van der Waals surface area (Å²) >= 11 is 0. The van der Waals surface area contributed by atoms with E-state index in [0.717, 1.165) is 42.6 Å². The van der Waals surface area contributed by atoms with Gasteiger partial charge in [-0.15, -0.1) is 0 Å². The minimum absolute atomic E-state index is 0.0918. The maximum absolute atomic E-state index is 13.1. The quantitative estimate of drug-likeness (QED) is 0.806. The van der Waals surface area contributed by atoms with E-state index in [-0.39, 0.29) is 16.7 Å². The minimum atomic E-state index is -3.81. The first-order chi connectivity index (χ1) is 13.2. The molecular weight excluding hydrogens is 372 g/mol. The Morgan fingerprint density at radius 3 is 2.36 bits per heavy atom. The molecule has 150 valence electrons. The summed E-state index contributed by atoms with van der Waals surface area (Å²) < 4.78 is 29.0. The highest BCUT2D eigenvalue weighted by Gasteiger charge is 2.24. The van der Waals surface area contributed by atoms with Gasteiger partial charge >= 0.3 is 0 Å². The van der Waals surface area contributed by atoms with Gasteiger partial charge in [-0.25, -0.2) is 8.42 Å². The van der Waals surface area contributed by atoms with Crippen molar-refractivity contribution in [1.29, 1.82) is 0 Å². The maximum Gasteiger partial charge on any atom is 0.261 e. The number of rotatable bonds is 5. The normalized spacial score (nSPS) is 14.5. The molecule has 0 atom stereocenters. The molecule has 1 fully saturated rings. The number of benzene rings is 2. The van der Waals surface area contributed by atoms with Crippen molar-refractivity contribution >= 4 is 21.6 Å². The first kappa shape index (κ1) is 20.4. The van der Waals surface area contributed by atoms with Crippen LogP contribution in [-0.4, -0.2) is 32.3 Å². The van der Waals surface area contributed by atoms with E-state index in [9.17, 15) is 13.2 Å². The number of sulfonamides is 1. The standard InChI is InChI=1S/C22H28N2O3S/c1-15(2)19-9-7-8-17(4)21(19)23-28(26,27)18-11-10-16(3)20(14-18)22(25)24-12-5-6-13-24/h7-11,14-15,23H,5-6,12-13H2,1-4H3. The van der Waals surface area contributed by atoms with Crippen molar-refractivity contribution < 1.29 is 13.2 Å². The van der Waals surface area contributed by atoms with E-state index < -0.39 is 10.0 Å². The molecule has 6 heteroatoms. The van der Waals surface area contributed by atoms with Crippen molar-refractivity contribution in [3.8, 4) is 0 Å². The van der Waals surface area contributed by atoms with E-state index in [1.54, 1.807) is 17.0 Å². The lowest BCUT2D eigenvalue weighted by molar-refractivity contribution is 0.0792. The number of amides is 1. The van der Waals surface area contributed by atoms with Gasteiger partial charge in [0.15, 0.2) is 0 Å². The number of hydrogen-bond acceptors (Lipinski definition) is 3. The number of carbonyl (C=O) groups excluding carboxylic acids is 1. The zero-order chi connectivity index (χ0) is 20.5. The Kier molecular flexibility index (Phi) is 5.79. The van der Waals surface area contributed by atoms with E-state index in [4.69, 9.17) is 0 Å². The van der Waals surface area contributed by atoms with Crippen LogP contribution in [0.5, 0.6) is 0 Å². The van der Waals surface area contributed by atoms with Crippen molar-refractivity contribution in [2.24, 2.45) is 0 Å². The fourth-order valence-electron chi connectivity index (χ4n) is 3.59. The van der Waals surface area contributed by atoms with Crippen molar-refractivity contribution in [3.63, 3.8) is 0 Å². The number of likely N-dealkylation sites (tertiary alicyclic amines) is 1. The van der Waals surface area contributed by atoms with Crippen LogP contribution in [0, 0.1) is 13.8 Å². The first-order valence-corrected chi connectivity index (χ1v) is 11.2. The maximum atomic E-state index is 13.1. The molecule has 0 aromatic heterocycles. The molecule has 5 nitrogen and oxygen atoms in total. The number of hydrogen-bond donors (Lipinski definition) is 1. The molecule has 0 aliphatic carbocycles. The van der Waals surface area contributed by atoms with E-state index in [1.807, 2.05) is 45.9 Å². The molecule has 1 aliphatic heterocycles. The Bertz CT molecular complexity index is 991. The number of para-hydroxylation sites is 1.